The van der Waals surface area contributed by atoms with Crippen molar-refractivity contribution in [1.82, 2.24) is 25.8 Å². The Morgan fingerprint density at radius 3 is 2.77 bits per heavy atom. The van der Waals surface area contributed by atoms with Crippen LogP contribution in [0.5, 0.6) is 0 Å². The lowest BCUT2D eigenvalue weighted by Crippen LogP contribution is -2.41. The smallest absolute Gasteiger partial charge is 0.263 e. The number of amides is 1. The highest BCUT2D eigenvalue weighted by Gasteiger charge is 2.11. The van der Waals surface area contributed by atoms with Crippen molar-refractivity contribution in [2.75, 3.05) is 59.0 Å². The minimum Gasteiger partial charge on any atom is -0.379 e. The van der Waals surface area contributed by atoms with Crippen LogP contribution in [-0.4, -0.2) is 80.8 Å². The normalized spacial score (nSPS) is 15.7. The maximum atomic E-state index is 12.0. The molecule has 1 aromatic rings. The molecule has 1 amide bonds. The predicted octanol–water partition coefficient (Wildman–Crippen LogP) is 0.459. The zero-order chi connectivity index (χ0) is 18.6. The van der Waals surface area contributed by atoms with Gasteiger partial charge in [-0.25, -0.2) is 4.98 Å². The van der Waals surface area contributed by atoms with Crippen molar-refractivity contribution < 1.29 is 9.53 Å². The molecule has 3 N–H and O–H groups in total. The SMILES string of the molecule is CCNC(=NCCCN1CCOCC1)NCCNC(=O)c1scnc1C. The number of morpholine rings is 1. The first-order valence-corrected chi connectivity index (χ1v) is 10.1. The van der Waals surface area contributed by atoms with Crippen molar-refractivity contribution in [2.45, 2.75) is 20.3 Å². The quantitative estimate of drug-likeness (QED) is 0.327. The molecule has 0 radical (unpaired) electrons. The second-order valence-electron chi connectivity index (χ2n) is 6.02. The third kappa shape index (κ3) is 7.27. The summed E-state index contributed by atoms with van der Waals surface area (Å²) in [6.07, 6.45) is 1.03. The summed E-state index contributed by atoms with van der Waals surface area (Å²) in [5.74, 6) is 0.719. The number of nitrogens with one attached hydrogen (secondary N) is 3. The highest BCUT2D eigenvalue weighted by Crippen LogP contribution is 2.11. The fourth-order valence-electron chi connectivity index (χ4n) is 2.61. The Hall–Kier alpha value is -1.71. The molecule has 2 heterocycles. The number of hydrogen-bond donors (Lipinski definition) is 3. The number of aryl methyl sites for hydroxylation is 1. The molecule has 9 heteroatoms. The molecule has 1 aliphatic heterocycles. The van der Waals surface area contributed by atoms with Crippen LogP contribution < -0.4 is 16.0 Å². The molecular weight excluding hydrogens is 352 g/mol. The Bertz CT molecular complexity index is 571. The Balaban J connectivity index is 1.63. The lowest BCUT2D eigenvalue weighted by Gasteiger charge is -2.26. The van der Waals surface area contributed by atoms with Crippen molar-refractivity contribution in [2.24, 2.45) is 4.99 Å². The van der Waals surface area contributed by atoms with Crippen molar-refractivity contribution in [1.29, 1.82) is 0 Å². The molecule has 0 aliphatic carbocycles. The lowest BCUT2D eigenvalue weighted by atomic mass is 10.3. The standard InChI is InChI=1S/C17H30N6O2S/c1-3-18-17(20-5-4-8-23-9-11-25-12-10-23)21-7-6-19-16(24)15-14(2)22-13-26-15/h13H,3-12H2,1-2H3,(H,19,24)(H2,18,20,21). The number of ether oxygens (including phenoxy) is 1. The van der Waals surface area contributed by atoms with E-state index >= 15 is 0 Å². The maximum absolute atomic E-state index is 12.0. The summed E-state index contributed by atoms with van der Waals surface area (Å²) < 4.78 is 5.36. The van der Waals surface area contributed by atoms with Crippen LogP contribution >= 0.6 is 11.3 Å². The second-order valence-corrected chi connectivity index (χ2v) is 6.87. The van der Waals surface area contributed by atoms with Gasteiger partial charge in [0.25, 0.3) is 5.91 Å². The number of aliphatic imine (C=N–C) groups is 1. The van der Waals surface area contributed by atoms with Gasteiger partial charge in [0.05, 0.1) is 24.4 Å². The summed E-state index contributed by atoms with van der Waals surface area (Å²) in [5, 5.41) is 9.38. The number of carbonyl (C=O) groups is 1. The number of aromatic nitrogens is 1. The van der Waals surface area contributed by atoms with Gasteiger partial charge in [0.15, 0.2) is 5.96 Å². The monoisotopic (exact) mass is 382 g/mol. The van der Waals surface area contributed by atoms with Gasteiger partial charge >= 0.3 is 0 Å². The van der Waals surface area contributed by atoms with Crippen LogP contribution in [0.3, 0.4) is 0 Å². The molecule has 0 aromatic carbocycles. The maximum Gasteiger partial charge on any atom is 0.263 e. The molecule has 1 aliphatic rings. The minimum atomic E-state index is -0.0701. The summed E-state index contributed by atoms with van der Waals surface area (Å²) in [5.41, 5.74) is 2.46. The van der Waals surface area contributed by atoms with Gasteiger partial charge in [0.2, 0.25) is 0 Å². The summed E-state index contributed by atoms with van der Waals surface area (Å²) in [6.45, 7) is 11.4. The molecule has 0 bridgehead atoms. The molecule has 0 atom stereocenters. The van der Waals surface area contributed by atoms with E-state index < -0.39 is 0 Å². The first-order chi connectivity index (χ1) is 12.7. The van der Waals surface area contributed by atoms with Gasteiger partial charge in [-0.1, -0.05) is 0 Å². The first-order valence-electron chi connectivity index (χ1n) is 9.21. The van der Waals surface area contributed by atoms with Gasteiger partial charge in [-0.2, -0.15) is 0 Å². The van der Waals surface area contributed by atoms with Gasteiger partial charge in [-0.05, 0) is 20.3 Å². The number of carbonyl (C=O) groups excluding carboxylic acids is 1. The highest BCUT2D eigenvalue weighted by atomic mass is 32.1. The second kappa shape index (κ2) is 11.8. The number of thiazole rings is 1. The summed E-state index contributed by atoms with van der Waals surface area (Å²) >= 11 is 1.36. The lowest BCUT2D eigenvalue weighted by molar-refractivity contribution is 0.0377. The van der Waals surface area contributed by atoms with E-state index in [1.165, 1.54) is 11.3 Å². The number of nitrogens with zero attached hydrogens (tertiary/aromatic N) is 3. The van der Waals surface area contributed by atoms with E-state index in [0.717, 1.165) is 64.0 Å². The average Bonchev–Trinajstić information content (AvgIpc) is 3.09. The van der Waals surface area contributed by atoms with E-state index in [-0.39, 0.29) is 5.91 Å². The van der Waals surface area contributed by atoms with Gasteiger partial charge in [-0.15, -0.1) is 11.3 Å². The van der Waals surface area contributed by atoms with Crippen LogP contribution in [0.2, 0.25) is 0 Å². The summed E-state index contributed by atoms with van der Waals surface area (Å²) in [4.78, 5) is 23.8. The van der Waals surface area contributed by atoms with Crippen molar-refractivity contribution in [3.8, 4) is 0 Å². The largest absolute Gasteiger partial charge is 0.379 e. The van der Waals surface area contributed by atoms with Gasteiger partial charge < -0.3 is 20.7 Å². The number of hydrogen-bond acceptors (Lipinski definition) is 6. The molecule has 2 rings (SSSR count). The summed E-state index contributed by atoms with van der Waals surface area (Å²) in [7, 11) is 0. The Kier molecular flexibility index (Phi) is 9.36. The van der Waals surface area contributed by atoms with Crippen LogP contribution in [0, 0.1) is 6.92 Å². The topological polar surface area (TPSA) is 90.9 Å². The Labute approximate surface area is 159 Å². The highest BCUT2D eigenvalue weighted by molar-refractivity contribution is 7.11. The van der Waals surface area contributed by atoms with Crippen LogP contribution in [0.25, 0.3) is 0 Å². The fourth-order valence-corrected chi connectivity index (χ4v) is 3.33. The van der Waals surface area contributed by atoms with Crippen molar-refractivity contribution >= 4 is 23.2 Å². The average molecular weight is 383 g/mol. The molecule has 0 unspecified atom stereocenters. The van der Waals surface area contributed by atoms with Gasteiger partial charge in [0, 0.05) is 45.8 Å². The third-order valence-electron chi connectivity index (χ3n) is 4.01. The predicted molar refractivity (Wildman–Crippen MR) is 105 cm³/mol. The Morgan fingerprint density at radius 1 is 1.31 bits per heavy atom. The molecule has 1 fully saturated rings. The van der Waals surface area contributed by atoms with E-state index in [9.17, 15) is 4.79 Å². The molecule has 0 saturated carbocycles. The Morgan fingerprint density at radius 2 is 2.08 bits per heavy atom. The molecule has 8 nitrogen and oxygen atoms in total. The van der Waals surface area contributed by atoms with Crippen molar-refractivity contribution in [3.63, 3.8) is 0 Å². The van der Waals surface area contributed by atoms with E-state index in [1.807, 2.05) is 13.8 Å². The van der Waals surface area contributed by atoms with Crippen LogP contribution in [0.1, 0.15) is 28.7 Å². The fraction of sp³-hybridized carbons (Fsp3) is 0.706. The van der Waals surface area contributed by atoms with Crippen LogP contribution in [0.15, 0.2) is 10.5 Å². The van der Waals surface area contributed by atoms with Gasteiger partial charge in [0.1, 0.15) is 4.88 Å². The molecular formula is C17H30N6O2S. The first kappa shape index (κ1) is 20.6. The zero-order valence-electron chi connectivity index (χ0n) is 15.7. The molecule has 146 valence electrons. The number of rotatable bonds is 9. The van der Waals surface area contributed by atoms with E-state index in [0.29, 0.717) is 18.0 Å². The third-order valence-corrected chi connectivity index (χ3v) is 4.93. The zero-order valence-corrected chi connectivity index (χ0v) is 16.5. The van der Waals surface area contributed by atoms with Crippen molar-refractivity contribution in [3.05, 3.63) is 16.1 Å². The van der Waals surface area contributed by atoms with Crippen LogP contribution in [-0.2, 0) is 4.74 Å². The molecule has 1 aromatic heterocycles. The number of guanidine groups is 1. The molecule has 0 spiro atoms. The van der Waals surface area contributed by atoms with Gasteiger partial charge in [-0.3, -0.25) is 14.7 Å². The van der Waals surface area contributed by atoms with E-state index in [4.69, 9.17) is 4.74 Å². The molecule has 26 heavy (non-hydrogen) atoms. The van der Waals surface area contributed by atoms with E-state index in [1.54, 1.807) is 5.51 Å². The van der Waals surface area contributed by atoms with Crippen LogP contribution in [0.4, 0.5) is 0 Å². The summed E-state index contributed by atoms with van der Waals surface area (Å²) in [6, 6.07) is 0. The molecule has 1 saturated heterocycles. The minimum absolute atomic E-state index is 0.0701. The van der Waals surface area contributed by atoms with E-state index in [2.05, 4.69) is 30.8 Å².